The fourth-order valence-electron chi connectivity index (χ4n) is 3.66. The van der Waals surface area contributed by atoms with E-state index in [2.05, 4.69) is 16.8 Å². The largest absolute Gasteiger partial charge is 0.493 e. The Morgan fingerprint density at radius 2 is 1.63 bits per heavy atom. The van der Waals surface area contributed by atoms with Crippen molar-refractivity contribution in [3.8, 4) is 17.2 Å². The SMILES string of the molecule is COc1ccc(C=CC(=O)c2ccccc2CN2CCN(C)CC2)c(OC)c1OC. The van der Waals surface area contributed by atoms with E-state index in [4.69, 9.17) is 14.2 Å². The van der Waals surface area contributed by atoms with E-state index in [1.165, 1.54) is 0 Å². The smallest absolute Gasteiger partial charge is 0.203 e. The standard InChI is InChI=1S/C24H30N2O4/c1-25-13-15-26(16-14-25)17-19-7-5-6-8-20(19)21(27)11-9-18-10-12-22(28-2)24(30-4)23(18)29-3/h5-12H,13-17H2,1-4H3. The second-order valence-corrected chi connectivity index (χ2v) is 7.36. The van der Waals surface area contributed by atoms with Gasteiger partial charge < -0.3 is 19.1 Å². The van der Waals surface area contributed by atoms with Crippen LogP contribution in [0.25, 0.3) is 6.08 Å². The molecular formula is C24H30N2O4. The second-order valence-electron chi connectivity index (χ2n) is 7.36. The number of methoxy groups -OCH3 is 3. The highest BCUT2D eigenvalue weighted by Gasteiger charge is 2.18. The summed E-state index contributed by atoms with van der Waals surface area (Å²) in [5.74, 6) is 1.59. The lowest BCUT2D eigenvalue weighted by atomic mass is 10.0. The molecule has 2 aromatic rings. The normalized spacial score (nSPS) is 15.3. The fourth-order valence-corrected chi connectivity index (χ4v) is 3.66. The molecule has 1 saturated heterocycles. The predicted octanol–water partition coefficient (Wildman–Crippen LogP) is 3.36. The van der Waals surface area contributed by atoms with Gasteiger partial charge in [-0.25, -0.2) is 0 Å². The van der Waals surface area contributed by atoms with Crippen molar-refractivity contribution in [2.45, 2.75) is 6.54 Å². The van der Waals surface area contributed by atoms with Gasteiger partial charge in [0.05, 0.1) is 21.3 Å². The van der Waals surface area contributed by atoms with Crippen LogP contribution in [0.3, 0.4) is 0 Å². The van der Waals surface area contributed by atoms with E-state index in [-0.39, 0.29) is 5.78 Å². The molecule has 0 bridgehead atoms. The van der Waals surface area contributed by atoms with Crippen LogP contribution in [0.4, 0.5) is 0 Å². The molecule has 0 atom stereocenters. The van der Waals surface area contributed by atoms with Gasteiger partial charge in [0.25, 0.3) is 0 Å². The highest BCUT2D eigenvalue weighted by molar-refractivity contribution is 6.08. The summed E-state index contributed by atoms with van der Waals surface area (Å²) in [7, 11) is 6.85. The van der Waals surface area contributed by atoms with Gasteiger partial charge in [-0.2, -0.15) is 0 Å². The highest BCUT2D eigenvalue weighted by Crippen LogP contribution is 2.40. The number of hydrogen-bond donors (Lipinski definition) is 0. The minimum atomic E-state index is -0.0310. The van der Waals surface area contributed by atoms with Crippen molar-refractivity contribution >= 4 is 11.9 Å². The van der Waals surface area contributed by atoms with Crippen molar-refractivity contribution in [3.05, 3.63) is 59.2 Å². The van der Waals surface area contributed by atoms with Crippen LogP contribution in [0.5, 0.6) is 17.2 Å². The molecule has 2 aromatic carbocycles. The molecule has 0 aliphatic carbocycles. The number of likely N-dealkylation sites (N-methyl/N-ethyl adjacent to an activating group) is 1. The van der Waals surface area contributed by atoms with Crippen molar-refractivity contribution in [2.24, 2.45) is 0 Å². The number of carbonyl (C=O) groups excluding carboxylic acids is 1. The molecule has 6 heteroatoms. The first-order chi connectivity index (χ1) is 14.6. The van der Waals surface area contributed by atoms with E-state index in [0.29, 0.717) is 17.2 Å². The number of ether oxygens (including phenoxy) is 3. The van der Waals surface area contributed by atoms with Gasteiger partial charge >= 0.3 is 0 Å². The maximum absolute atomic E-state index is 13.0. The average Bonchev–Trinajstić information content (AvgIpc) is 2.78. The van der Waals surface area contributed by atoms with Gasteiger partial charge in [0, 0.05) is 43.9 Å². The molecule has 0 aromatic heterocycles. The topological polar surface area (TPSA) is 51.2 Å². The van der Waals surface area contributed by atoms with E-state index >= 15 is 0 Å². The summed E-state index contributed by atoms with van der Waals surface area (Å²) in [5, 5.41) is 0. The van der Waals surface area contributed by atoms with Crippen molar-refractivity contribution < 1.29 is 19.0 Å². The van der Waals surface area contributed by atoms with Crippen LogP contribution in [0, 0.1) is 0 Å². The lowest BCUT2D eigenvalue weighted by molar-refractivity contribution is 0.104. The molecule has 30 heavy (non-hydrogen) atoms. The molecule has 1 fully saturated rings. The number of nitrogens with zero attached hydrogens (tertiary/aromatic N) is 2. The maximum atomic E-state index is 13.0. The van der Waals surface area contributed by atoms with Gasteiger partial charge in [-0.1, -0.05) is 24.3 Å². The third-order valence-electron chi connectivity index (χ3n) is 5.42. The van der Waals surface area contributed by atoms with Crippen molar-refractivity contribution in [2.75, 3.05) is 54.6 Å². The van der Waals surface area contributed by atoms with Crippen molar-refractivity contribution in [3.63, 3.8) is 0 Å². The molecule has 1 aliphatic heterocycles. The quantitative estimate of drug-likeness (QED) is 0.491. The van der Waals surface area contributed by atoms with Gasteiger partial charge in [-0.3, -0.25) is 9.69 Å². The molecule has 0 amide bonds. The maximum Gasteiger partial charge on any atom is 0.203 e. The molecule has 1 heterocycles. The van der Waals surface area contributed by atoms with Gasteiger partial charge in [0.1, 0.15) is 0 Å². The Kier molecular flexibility index (Phi) is 7.49. The summed E-state index contributed by atoms with van der Waals surface area (Å²) < 4.78 is 16.2. The molecular weight excluding hydrogens is 380 g/mol. The van der Waals surface area contributed by atoms with Crippen LogP contribution in [0.2, 0.25) is 0 Å². The number of ketones is 1. The Bertz CT molecular complexity index is 902. The zero-order valence-electron chi connectivity index (χ0n) is 18.2. The average molecular weight is 411 g/mol. The number of carbonyl (C=O) groups is 1. The molecule has 3 rings (SSSR count). The van der Waals surface area contributed by atoms with E-state index < -0.39 is 0 Å². The zero-order chi connectivity index (χ0) is 21.5. The summed E-state index contributed by atoms with van der Waals surface area (Å²) in [6.45, 7) is 4.91. The third kappa shape index (κ3) is 5.01. The van der Waals surface area contributed by atoms with E-state index in [9.17, 15) is 4.79 Å². The predicted molar refractivity (Wildman–Crippen MR) is 119 cm³/mol. The Balaban J connectivity index is 1.81. The summed E-state index contributed by atoms with van der Waals surface area (Å²) in [5.41, 5.74) is 2.53. The number of piperazine rings is 1. The summed E-state index contributed by atoms with van der Waals surface area (Å²) in [6.07, 6.45) is 3.35. The minimum Gasteiger partial charge on any atom is -0.493 e. The molecule has 6 nitrogen and oxygen atoms in total. The van der Waals surface area contributed by atoms with Crippen LogP contribution < -0.4 is 14.2 Å². The van der Waals surface area contributed by atoms with Gasteiger partial charge in [0.15, 0.2) is 17.3 Å². The van der Waals surface area contributed by atoms with E-state index in [0.717, 1.165) is 49.4 Å². The first kappa shape index (κ1) is 21.9. The Morgan fingerprint density at radius 3 is 2.30 bits per heavy atom. The fraction of sp³-hybridized carbons (Fsp3) is 0.375. The van der Waals surface area contributed by atoms with Crippen LogP contribution in [-0.2, 0) is 6.54 Å². The summed E-state index contributed by atoms with van der Waals surface area (Å²) >= 11 is 0. The molecule has 0 radical (unpaired) electrons. The van der Waals surface area contributed by atoms with Crippen LogP contribution in [0.1, 0.15) is 21.5 Å². The van der Waals surface area contributed by atoms with Crippen LogP contribution in [0.15, 0.2) is 42.5 Å². The van der Waals surface area contributed by atoms with Gasteiger partial charge in [-0.05, 0) is 36.9 Å². The van der Waals surface area contributed by atoms with Gasteiger partial charge in [-0.15, -0.1) is 0 Å². The summed E-state index contributed by atoms with van der Waals surface area (Å²) in [6, 6.07) is 11.5. The van der Waals surface area contributed by atoms with Crippen molar-refractivity contribution in [1.29, 1.82) is 0 Å². The second kappa shape index (κ2) is 10.3. The Morgan fingerprint density at radius 1 is 0.933 bits per heavy atom. The van der Waals surface area contributed by atoms with E-state index in [1.54, 1.807) is 39.5 Å². The monoisotopic (exact) mass is 410 g/mol. The summed E-state index contributed by atoms with van der Waals surface area (Å²) in [4.78, 5) is 17.7. The first-order valence-corrected chi connectivity index (χ1v) is 10.1. The van der Waals surface area contributed by atoms with Crippen LogP contribution in [-0.4, -0.2) is 70.1 Å². The lowest BCUT2D eigenvalue weighted by Gasteiger charge is -2.32. The third-order valence-corrected chi connectivity index (χ3v) is 5.42. The Labute approximate surface area is 178 Å². The number of allylic oxidation sites excluding steroid dienone is 1. The van der Waals surface area contributed by atoms with Crippen molar-refractivity contribution in [1.82, 2.24) is 9.80 Å². The molecule has 1 aliphatic rings. The van der Waals surface area contributed by atoms with E-state index in [1.807, 2.05) is 30.3 Å². The highest BCUT2D eigenvalue weighted by atomic mass is 16.5. The molecule has 0 saturated carbocycles. The van der Waals surface area contributed by atoms with Gasteiger partial charge in [0.2, 0.25) is 5.75 Å². The molecule has 0 N–H and O–H groups in total. The zero-order valence-corrected chi connectivity index (χ0v) is 18.2. The minimum absolute atomic E-state index is 0.0310. The first-order valence-electron chi connectivity index (χ1n) is 10.1. The molecule has 0 unspecified atom stereocenters. The lowest BCUT2D eigenvalue weighted by Crippen LogP contribution is -2.44. The van der Waals surface area contributed by atoms with Crippen LogP contribution >= 0.6 is 0 Å². The number of benzene rings is 2. The number of rotatable bonds is 8. The molecule has 160 valence electrons. The molecule has 0 spiro atoms. The number of hydrogen-bond acceptors (Lipinski definition) is 6. The Hall–Kier alpha value is -2.83.